The number of carbonyl (C=O) groups excluding carboxylic acids is 6. The first kappa shape index (κ1) is 43.4. The molecular weight excluding hydrogens is 865 g/mol. The summed E-state index contributed by atoms with van der Waals surface area (Å²) >= 11 is 0. The number of rotatable bonds is 12. The van der Waals surface area contributed by atoms with Gasteiger partial charge in [0, 0.05) is 80.9 Å². The zero-order chi connectivity index (χ0) is 46.5. The van der Waals surface area contributed by atoms with Crippen LogP contribution in [0.2, 0.25) is 0 Å². The second-order valence-electron chi connectivity index (χ2n) is 19.3. The van der Waals surface area contributed by atoms with Gasteiger partial charge in [-0.3, -0.25) is 43.9 Å². The molecule has 2 aromatic heterocycles. The smallest absolute Gasteiger partial charge is 0.264 e. The van der Waals surface area contributed by atoms with Crippen molar-refractivity contribution in [2.45, 2.75) is 82.0 Å². The quantitative estimate of drug-likeness (QED) is 0.131. The first-order valence-electron chi connectivity index (χ1n) is 23.8. The molecule has 6 heterocycles. The summed E-state index contributed by atoms with van der Waals surface area (Å²) in [5.41, 5.74) is 5.56. The van der Waals surface area contributed by atoms with Crippen molar-refractivity contribution in [2.24, 2.45) is 5.41 Å². The van der Waals surface area contributed by atoms with Crippen molar-refractivity contribution >= 4 is 69.5 Å². The number of piperazine rings is 1. The van der Waals surface area contributed by atoms with E-state index in [9.17, 15) is 28.8 Å². The van der Waals surface area contributed by atoms with Crippen LogP contribution >= 0.6 is 0 Å². The van der Waals surface area contributed by atoms with Crippen molar-refractivity contribution in [2.75, 3.05) is 61.3 Å². The fraction of sp³-hybridized carbons (Fsp3) is 0.420. The SMILES string of the molecule is O=C1CC[C@H](N2C(=O)c3cccc(NCC(=O)N4CCC5(CC4)CC(N4CCN(c6ccc(Nc7ncnc8c7ncn8C7CC(NC(=O)Cc8ccccc8)C7)cc6)CC4)C5)c3C2=O)C(=O)N1. The second-order valence-corrected chi connectivity index (χ2v) is 19.3. The van der Waals surface area contributed by atoms with Gasteiger partial charge in [-0.15, -0.1) is 0 Å². The van der Waals surface area contributed by atoms with E-state index in [2.05, 4.69) is 69.9 Å². The Kier molecular flexibility index (Phi) is 11.3. The molecule has 68 heavy (non-hydrogen) atoms. The molecule has 18 heteroatoms. The number of hydrogen-bond acceptors (Lipinski definition) is 13. The number of imidazole rings is 1. The topological polar surface area (TPSA) is 207 Å². The van der Waals surface area contributed by atoms with Gasteiger partial charge >= 0.3 is 0 Å². The van der Waals surface area contributed by atoms with E-state index in [1.165, 1.54) is 5.69 Å². The maximum Gasteiger partial charge on any atom is 0.264 e. The molecule has 6 aliphatic rings. The maximum absolute atomic E-state index is 13.5. The van der Waals surface area contributed by atoms with Crippen molar-refractivity contribution in [3.05, 3.63) is 102 Å². The van der Waals surface area contributed by atoms with Crippen LogP contribution in [0.15, 0.2) is 85.5 Å². The van der Waals surface area contributed by atoms with Crippen molar-refractivity contribution < 1.29 is 28.8 Å². The molecule has 3 saturated heterocycles. The van der Waals surface area contributed by atoms with Gasteiger partial charge in [0.1, 0.15) is 12.4 Å². The lowest BCUT2D eigenvalue weighted by molar-refractivity contribution is -0.136. The standard InChI is InChI=1S/C50H54N12O6/c63-40-14-13-39(47(66)57-40)62-48(67)37-7-4-8-38(43(37)49(62)68)51-28-42(65)60-17-15-50(16-18-60)26-36(27-50)59-21-19-58(20-22-59)34-11-9-32(10-12-34)56-45-44-46(53-29-52-45)61(30-54-44)35-24-33(25-35)55-41(64)23-31-5-2-1-3-6-31/h1-12,29-30,33,35-36,39,51H,13-28H2,(H,55,64)(H,52,53,56)(H,57,63,66)/t33?,35?,39-/m0/s1. The number of fused-ring (bicyclic) bond motifs is 2. The predicted octanol–water partition coefficient (Wildman–Crippen LogP) is 4.04. The molecule has 1 atom stereocenters. The van der Waals surface area contributed by atoms with Gasteiger partial charge in [-0.25, -0.2) is 15.0 Å². The van der Waals surface area contributed by atoms with E-state index in [1.54, 1.807) is 24.5 Å². The molecular formula is C50H54N12O6. The highest BCUT2D eigenvalue weighted by Crippen LogP contribution is 2.51. The van der Waals surface area contributed by atoms with Gasteiger partial charge in [-0.2, -0.15) is 0 Å². The molecule has 5 aromatic rings. The number of anilines is 4. The minimum Gasteiger partial charge on any atom is -0.375 e. The average molecular weight is 919 g/mol. The highest BCUT2D eigenvalue weighted by molar-refractivity contribution is 6.25. The summed E-state index contributed by atoms with van der Waals surface area (Å²) in [4.78, 5) is 98.6. The van der Waals surface area contributed by atoms with Gasteiger partial charge in [0.15, 0.2) is 17.0 Å². The lowest BCUT2D eigenvalue weighted by atomic mass is 9.60. The zero-order valence-electron chi connectivity index (χ0n) is 37.7. The molecule has 0 bridgehead atoms. The molecule has 11 rings (SSSR count). The normalized spacial score (nSPS) is 22.7. The molecule has 18 nitrogen and oxygen atoms in total. The summed E-state index contributed by atoms with van der Waals surface area (Å²) in [7, 11) is 0. The monoisotopic (exact) mass is 918 g/mol. The molecule has 6 amide bonds. The molecule has 2 aliphatic carbocycles. The van der Waals surface area contributed by atoms with E-state index in [0.717, 1.165) is 86.5 Å². The van der Waals surface area contributed by atoms with E-state index in [0.29, 0.717) is 42.6 Å². The van der Waals surface area contributed by atoms with Gasteiger partial charge < -0.3 is 30.3 Å². The number of nitrogens with zero attached hydrogens (tertiary/aromatic N) is 8. The Morgan fingerprint density at radius 3 is 2.31 bits per heavy atom. The Morgan fingerprint density at radius 1 is 0.794 bits per heavy atom. The molecule has 0 radical (unpaired) electrons. The number of benzene rings is 3. The number of likely N-dealkylation sites (tertiary alicyclic amines) is 1. The fourth-order valence-corrected chi connectivity index (χ4v) is 11.2. The van der Waals surface area contributed by atoms with Crippen molar-refractivity contribution in [1.82, 2.24) is 44.9 Å². The molecule has 3 aromatic carbocycles. The fourth-order valence-electron chi connectivity index (χ4n) is 11.2. The first-order chi connectivity index (χ1) is 33.1. The summed E-state index contributed by atoms with van der Waals surface area (Å²) in [6.45, 7) is 5.26. The van der Waals surface area contributed by atoms with Crippen molar-refractivity contribution in [3.63, 3.8) is 0 Å². The van der Waals surface area contributed by atoms with Crippen LogP contribution in [-0.2, 0) is 25.6 Å². The third-order valence-electron chi connectivity index (χ3n) is 15.2. The van der Waals surface area contributed by atoms with Crippen LogP contribution in [0.5, 0.6) is 0 Å². The third kappa shape index (κ3) is 8.30. The molecule has 0 unspecified atom stereocenters. The van der Waals surface area contributed by atoms with Crippen LogP contribution in [0.4, 0.5) is 22.9 Å². The maximum atomic E-state index is 13.5. The molecule has 4 aliphatic heterocycles. The van der Waals surface area contributed by atoms with E-state index in [1.807, 2.05) is 41.6 Å². The Bertz CT molecular complexity index is 2790. The van der Waals surface area contributed by atoms with E-state index in [-0.39, 0.29) is 59.8 Å². The summed E-state index contributed by atoms with van der Waals surface area (Å²) < 4.78 is 2.10. The molecule has 5 fully saturated rings. The Labute approximate surface area is 392 Å². The average Bonchev–Trinajstić information content (AvgIpc) is 3.87. The van der Waals surface area contributed by atoms with Crippen LogP contribution < -0.4 is 26.2 Å². The lowest BCUT2D eigenvalue weighted by Crippen LogP contribution is -2.59. The molecule has 2 saturated carbocycles. The summed E-state index contributed by atoms with van der Waals surface area (Å²) in [6.07, 6.45) is 9.78. The van der Waals surface area contributed by atoms with Gasteiger partial charge in [-0.1, -0.05) is 36.4 Å². The minimum atomic E-state index is -1.05. The predicted molar refractivity (Wildman–Crippen MR) is 252 cm³/mol. The second kappa shape index (κ2) is 17.8. The number of carbonyl (C=O) groups is 6. The highest BCUT2D eigenvalue weighted by atomic mass is 16.2. The van der Waals surface area contributed by atoms with E-state index in [4.69, 9.17) is 4.98 Å². The van der Waals surface area contributed by atoms with E-state index < -0.39 is 29.7 Å². The number of amides is 6. The minimum absolute atomic E-state index is 0.0186. The molecule has 4 N–H and O–H groups in total. The number of piperidine rings is 2. The van der Waals surface area contributed by atoms with Crippen molar-refractivity contribution in [1.29, 1.82) is 0 Å². The molecule has 350 valence electrons. The third-order valence-corrected chi connectivity index (χ3v) is 15.2. The first-order valence-corrected chi connectivity index (χ1v) is 23.8. The summed E-state index contributed by atoms with van der Waals surface area (Å²) in [5, 5.41) is 12.0. The van der Waals surface area contributed by atoms with Crippen molar-refractivity contribution in [3.8, 4) is 0 Å². The zero-order valence-corrected chi connectivity index (χ0v) is 37.7. The number of aromatic nitrogens is 4. The Balaban J connectivity index is 0.613. The van der Waals surface area contributed by atoms with Gasteiger partial charge in [-0.05, 0) is 92.3 Å². The lowest BCUT2D eigenvalue weighted by Gasteiger charge is -2.56. The van der Waals surface area contributed by atoms with Gasteiger partial charge in [0.05, 0.1) is 30.4 Å². The summed E-state index contributed by atoms with van der Waals surface area (Å²) in [5.74, 6) is -1.63. The van der Waals surface area contributed by atoms with Gasteiger partial charge in [0.25, 0.3) is 11.8 Å². The Hall–Kier alpha value is -7.21. The van der Waals surface area contributed by atoms with Gasteiger partial charge in [0.2, 0.25) is 23.6 Å². The van der Waals surface area contributed by atoms with Crippen LogP contribution in [0, 0.1) is 5.41 Å². The highest BCUT2D eigenvalue weighted by Gasteiger charge is 2.49. The number of nitrogens with one attached hydrogen (secondary N) is 4. The van der Waals surface area contributed by atoms with Crippen LogP contribution in [0.3, 0.4) is 0 Å². The number of hydrogen-bond donors (Lipinski definition) is 4. The van der Waals surface area contributed by atoms with Crippen LogP contribution in [-0.4, -0.2) is 134 Å². The number of imide groups is 2. The molecule has 1 spiro atoms. The van der Waals surface area contributed by atoms with Crippen LogP contribution in [0.25, 0.3) is 11.2 Å². The Morgan fingerprint density at radius 2 is 1.56 bits per heavy atom. The van der Waals surface area contributed by atoms with Crippen LogP contribution in [0.1, 0.15) is 83.7 Å². The summed E-state index contributed by atoms with van der Waals surface area (Å²) in [6, 6.07) is 23.0. The van der Waals surface area contributed by atoms with E-state index >= 15 is 0 Å². The largest absolute Gasteiger partial charge is 0.375 e.